The molecule has 2 heterocycles. The van der Waals surface area contributed by atoms with Gasteiger partial charge in [-0.15, -0.1) is 0 Å². The van der Waals surface area contributed by atoms with E-state index in [1.54, 1.807) is 0 Å². The Balaban J connectivity index is 0.911. The zero-order chi connectivity index (χ0) is 42.8. The molecule has 13 aromatic rings. The summed E-state index contributed by atoms with van der Waals surface area (Å²) < 4.78 is 8.69. The van der Waals surface area contributed by atoms with Gasteiger partial charge in [0.2, 0.25) is 0 Å². The number of nitrogens with zero attached hydrogens (tertiary/aromatic N) is 2. The van der Waals surface area contributed by atoms with Gasteiger partial charge in [0.1, 0.15) is 11.2 Å². The Morgan fingerprint density at radius 3 is 1.45 bits per heavy atom. The quantitative estimate of drug-likeness (QED) is 0.149. The van der Waals surface area contributed by atoms with Gasteiger partial charge in [0.05, 0.1) is 16.7 Å². The fourth-order valence-corrected chi connectivity index (χ4v) is 10.1. The number of aromatic nitrogens is 1. The molecule has 65 heavy (non-hydrogen) atoms. The molecule has 0 saturated carbocycles. The second kappa shape index (κ2) is 15.0. The summed E-state index contributed by atoms with van der Waals surface area (Å²) in [7, 11) is 0. The van der Waals surface area contributed by atoms with Gasteiger partial charge in [-0.25, -0.2) is 0 Å². The summed E-state index contributed by atoms with van der Waals surface area (Å²) in [4.78, 5) is 2.36. The molecule has 0 aliphatic carbocycles. The lowest BCUT2D eigenvalue weighted by Gasteiger charge is -2.26. The van der Waals surface area contributed by atoms with Gasteiger partial charge in [-0.1, -0.05) is 164 Å². The second-order valence-corrected chi connectivity index (χ2v) is 16.9. The molecule has 0 saturated heterocycles. The Bertz CT molecular complexity index is 3880. The topological polar surface area (TPSA) is 21.3 Å². The average molecular weight is 829 g/mol. The first-order valence-electron chi connectivity index (χ1n) is 22.2. The maximum atomic E-state index is 6.28. The molecule has 0 amide bonds. The minimum Gasteiger partial charge on any atom is -0.456 e. The van der Waals surface area contributed by atoms with Crippen LogP contribution in [-0.4, -0.2) is 4.57 Å². The Kier molecular flexibility index (Phi) is 8.53. The van der Waals surface area contributed by atoms with E-state index in [4.69, 9.17) is 4.42 Å². The molecular formula is C62H40N2O. The maximum Gasteiger partial charge on any atom is 0.136 e. The molecule has 0 N–H and O–H groups in total. The van der Waals surface area contributed by atoms with Crippen molar-refractivity contribution in [3.63, 3.8) is 0 Å². The van der Waals surface area contributed by atoms with E-state index in [1.165, 1.54) is 60.0 Å². The zero-order valence-electron chi connectivity index (χ0n) is 35.4. The van der Waals surface area contributed by atoms with Gasteiger partial charge < -0.3 is 13.9 Å². The van der Waals surface area contributed by atoms with Crippen molar-refractivity contribution in [1.82, 2.24) is 4.57 Å². The minimum absolute atomic E-state index is 0.897. The third-order valence-corrected chi connectivity index (χ3v) is 13.2. The Labute approximate surface area is 376 Å². The van der Waals surface area contributed by atoms with E-state index in [2.05, 4.69) is 240 Å². The lowest BCUT2D eigenvalue weighted by molar-refractivity contribution is 0.669. The molecule has 13 rings (SSSR count). The Morgan fingerprint density at radius 1 is 0.292 bits per heavy atom. The Hall–Kier alpha value is -8.66. The van der Waals surface area contributed by atoms with Crippen LogP contribution in [0.4, 0.5) is 17.1 Å². The standard InChI is InChI=1S/C62H40N2O/c1-2-14-49-45(13-1)39-57(52-17-4-3-16-51(49)52)43-29-36-48(37-30-43)63(46-32-25-41(26-33-46)44-31-38-56-55-20-8-12-24-61(55)65-62(56)40-44)47-34-27-42(28-35-47)50-15-5-9-21-58(50)64-59-22-10-6-18-53(59)54-19-7-11-23-60(54)64/h1-40H. The highest BCUT2D eigenvalue weighted by Crippen LogP contribution is 2.42. The second-order valence-electron chi connectivity index (χ2n) is 16.9. The van der Waals surface area contributed by atoms with Crippen molar-refractivity contribution in [2.45, 2.75) is 0 Å². The van der Waals surface area contributed by atoms with Crippen molar-refractivity contribution in [1.29, 1.82) is 0 Å². The SMILES string of the molecule is c1ccc(-n2c3ccccc3c3ccccc32)c(-c2ccc(N(c3ccc(-c4ccc5c(c4)oc4ccccc45)cc3)c3ccc(-c4cc5ccccc5c5ccccc45)cc3)cc2)c1. The summed E-state index contributed by atoms with van der Waals surface area (Å²) in [6.45, 7) is 0. The molecule has 0 spiro atoms. The third-order valence-electron chi connectivity index (χ3n) is 13.2. The molecule has 0 fully saturated rings. The number of hydrogen-bond donors (Lipinski definition) is 0. The van der Waals surface area contributed by atoms with E-state index in [0.717, 1.165) is 61.4 Å². The van der Waals surface area contributed by atoms with Crippen molar-refractivity contribution >= 4 is 82.4 Å². The summed E-state index contributed by atoms with van der Waals surface area (Å²) in [5.41, 5.74) is 15.6. The molecule has 0 bridgehead atoms. The lowest BCUT2D eigenvalue weighted by atomic mass is 9.93. The molecule has 0 unspecified atom stereocenters. The monoisotopic (exact) mass is 828 g/mol. The smallest absolute Gasteiger partial charge is 0.136 e. The van der Waals surface area contributed by atoms with Gasteiger partial charge in [-0.05, 0) is 128 Å². The predicted octanol–water partition coefficient (Wildman–Crippen LogP) is 17.5. The number of anilines is 3. The van der Waals surface area contributed by atoms with Crippen LogP contribution in [0.3, 0.4) is 0 Å². The molecule has 3 heteroatoms. The van der Waals surface area contributed by atoms with Crippen LogP contribution in [0.25, 0.3) is 104 Å². The highest BCUT2D eigenvalue weighted by molar-refractivity contribution is 6.14. The molecule has 0 aliphatic heterocycles. The van der Waals surface area contributed by atoms with Gasteiger partial charge in [-0.2, -0.15) is 0 Å². The number of hydrogen-bond acceptors (Lipinski definition) is 2. The molecule has 2 aromatic heterocycles. The fraction of sp³-hybridized carbons (Fsp3) is 0. The first-order chi connectivity index (χ1) is 32.2. The summed E-state index contributed by atoms with van der Waals surface area (Å²) in [5.74, 6) is 0. The van der Waals surface area contributed by atoms with Crippen molar-refractivity contribution in [3.8, 4) is 39.1 Å². The predicted molar refractivity (Wildman–Crippen MR) is 274 cm³/mol. The van der Waals surface area contributed by atoms with Gasteiger partial charge in [0, 0.05) is 44.2 Å². The number of fused-ring (bicyclic) bond motifs is 9. The number of furan rings is 1. The molecule has 0 aliphatic rings. The Morgan fingerprint density at radius 2 is 0.769 bits per heavy atom. The summed E-state index contributed by atoms with van der Waals surface area (Å²) in [6.07, 6.45) is 0. The lowest BCUT2D eigenvalue weighted by Crippen LogP contribution is -2.09. The first-order valence-corrected chi connectivity index (χ1v) is 22.2. The van der Waals surface area contributed by atoms with Gasteiger partial charge in [0.25, 0.3) is 0 Å². The van der Waals surface area contributed by atoms with Gasteiger partial charge in [0.15, 0.2) is 0 Å². The van der Waals surface area contributed by atoms with Crippen LogP contribution in [0.2, 0.25) is 0 Å². The van der Waals surface area contributed by atoms with Crippen molar-refractivity contribution in [3.05, 3.63) is 243 Å². The van der Waals surface area contributed by atoms with Crippen LogP contribution in [-0.2, 0) is 0 Å². The average Bonchev–Trinajstić information content (AvgIpc) is 3.92. The maximum absolute atomic E-state index is 6.28. The molecule has 0 atom stereocenters. The van der Waals surface area contributed by atoms with Crippen LogP contribution in [0.5, 0.6) is 0 Å². The zero-order valence-corrected chi connectivity index (χ0v) is 35.4. The van der Waals surface area contributed by atoms with E-state index in [1.807, 2.05) is 12.1 Å². The van der Waals surface area contributed by atoms with E-state index in [9.17, 15) is 0 Å². The van der Waals surface area contributed by atoms with E-state index >= 15 is 0 Å². The molecule has 11 aromatic carbocycles. The van der Waals surface area contributed by atoms with Crippen molar-refractivity contribution in [2.24, 2.45) is 0 Å². The van der Waals surface area contributed by atoms with Crippen LogP contribution in [0, 0.1) is 0 Å². The van der Waals surface area contributed by atoms with Crippen LogP contribution < -0.4 is 4.90 Å². The molecular weight excluding hydrogens is 789 g/mol. The van der Waals surface area contributed by atoms with Crippen molar-refractivity contribution in [2.75, 3.05) is 4.90 Å². The largest absolute Gasteiger partial charge is 0.456 e. The first kappa shape index (κ1) is 36.9. The van der Waals surface area contributed by atoms with E-state index in [0.29, 0.717) is 0 Å². The van der Waals surface area contributed by atoms with Crippen LogP contribution in [0.15, 0.2) is 247 Å². The normalized spacial score (nSPS) is 11.7. The highest BCUT2D eigenvalue weighted by atomic mass is 16.3. The summed E-state index contributed by atoms with van der Waals surface area (Å²) in [5, 5.41) is 9.82. The van der Waals surface area contributed by atoms with E-state index in [-0.39, 0.29) is 0 Å². The summed E-state index contributed by atoms with van der Waals surface area (Å²) >= 11 is 0. The van der Waals surface area contributed by atoms with E-state index < -0.39 is 0 Å². The minimum atomic E-state index is 0.897. The molecule has 0 radical (unpaired) electrons. The number of para-hydroxylation sites is 4. The number of benzene rings is 11. The highest BCUT2D eigenvalue weighted by Gasteiger charge is 2.18. The fourth-order valence-electron chi connectivity index (χ4n) is 10.1. The van der Waals surface area contributed by atoms with Gasteiger partial charge >= 0.3 is 0 Å². The van der Waals surface area contributed by atoms with Crippen LogP contribution in [0.1, 0.15) is 0 Å². The summed E-state index contributed by atoms with van der Waals surface area (Å²) in [6, 6.07) is 87.7. The molecule has 3 nitrogen and oxygen atoms in total. The number of rotatable bonds is 7. The van der Waals surface area contributed by atoms with Crippen molar-refractivity contribution < 1.29 is 4.42 Å². The third kappa shape index (κ3) is 6.12. The van der Waals surface area contributed by atoms with Crippen LogP contribution >= 0.6 is 0 Å². The van der Waals surface area contributed by atoms with Gasteiger partial charge in [-0.3, -0.25) is 0 Å². The molecule has 304 valence electrons.